The van der Waals surface area contributed by atoms with Crippen LogP contribution in [0.4, 0.5) is 0 Å². The average molecular weight is 428 g/mol. The minimum absolute atomic E-state index is 0.0991. The number of likely N-dealkylation sites (N-methyl/N-ethyl adjacent to an activating group) is 1. The summed E-state index contributed by atoms with van der Waals surface area (Å²) in [6.45, 7) is 4.45. The Bertz CT molecular complexity index is 864. The van der Waals surface area contributed by atoms with Gasteiger partial charge < -0.3 is 9.80 Å². The highest BCUT2D eigenvalue weighted by Gasteiger charge is 2.30. The maximum absolute atomic E-state index is 12.9. The number of rotatable bonds is 5. The number of benzene rings is 1. The first-order valence-corrected chi connectivity index (χ1v) is 12.2. The van der Waals surface area contributed by atoms with Gasteiger partial charge >= 0.3 is 0 Å². The topological polar surface area (TPSA) is 43.9 Å². The number of fused-ring (bicyclic) bond motifs is 1. The van der Waals surface area contributed by atoms with E-state index in [0.29, 0.717) is 25.5 Å². The predicted octanol–water partition coefficient (Wildman–Crippen LogP) is 3.97. The second-order valence-electron chi connectivity index (χ2n) is 8.82. The van der Waals surface area contributed by atoms with Crippen molar-refractivity contribution < 1.29 is 9.59 Å². The van der Waals surface area contributed by atoms with E-state index in [1.54, 1.807) is 11.3 Å². The van der Waals surface area contributed by atoms with Crippen molar-refractivity contribution in [1.82, 2.24) is 14.7 Å². The van der Waals surface area contributed by atoms with Crippen LogP contribution < -0.4 is 0 Å². The molecule has 5 nitrogen and oxygen atoms in total. The lowest BCUT2D eigenvalue weighted by atomic mass is 9.95. The summed E-state index contributed by atoms with van der Waals surface area (Å²) in [5.74, 6) is 0.602. The van der Waals surface area contributed by atoms with Crippen LogP contribution in [0.1, 0.15) is 44.1 Å². The van der Waals surface area contributed by atoms with Gasteiger partial charge in [0.15, 0.2) is 0 Å². The Hall–Kier alpha value is -1.92. The summed E-state index contributed by atoms with van der Waals surface area (Å²) in [5.41, 5.74) is 1.28. The van der Waals surface area contributed by atoms with Gasteiger partial charge in [-0.1, -0.05) is 31.0 Å². The number of carbonyl (C=O) groups is 2. The molecule has 0 radical (unpaired) electrons. The minimum atomic E-state index is 0.0991. The molecule has 0 N–H and O–H groups in total. The van der Waals surface area contributed by atoms with Gasteiger partial charge in [0.2, 0.25) is 11.8 Å². The monoisotopic (exact) mass is 427 g/mol. The summed E-state index contributed by atoms with van der Waals surface area (Å²) < 4.78 is 1.29. The van der Waals surface area contributed by atoms with Crippen molar-refractivity contribution in [3.05, 3.63) is 35.2 Å². The molecular formula is C24H33N3O2S. The second kappa shape index (κ2) is 9.92. The number of hydrogen-bond donors (Lipinski definition) is 0. The molecule has 0 atom stereocenters. The van der Waals surface area contributed by atoms with Crippen LogP contribution in [-0.2, 0) is 16.1 Å². The number of carbonyl (C=O) groups excluding carboxylic acids is 2. The molecule has 0 unspecified atom stereocenters. The molecule has 162 valence electrons. The molecule has 0 aliphatic carbocycles. The van der Waals surface area contributed by atoms with Crippen LogP contribution >= 0.6 is 11.3 Å². The van der Waals surface area contributed by atoms with E-state index in [9.17, 15) is 9.59 Å². The summed E-state index contributed by atoms with van der Waals surface area (Å²) >= 11 is 1.76. The fraction of sp³-hybridized carbons (Fsp3) is 0.583. The molecule has 2 aliphatic heterocycles. The first-order chi connectivity index (χ1) is 14.6. The molecule has 0 spiro atoms. The number of likely N-dealkylation sites (tertiary alicyclic amines) is 2. The smallest absolute Gasteiger partial charge is 0.236 e. The minimum Gasteiger partial charge on any atom is -0.342 e. The molecule has 2 fully saturated rings. The number of amides is 2. The summed E-state index contributed by atoms with van der Waals surface area (Å²) in [7, 11) is 2.01. The normalized spacial score (nSPS) is 18.7. The Morgan fingerprint density at radius 1 is 1.00 bits per heavy atom. The molecule has 6 heteroatoms. The van der Waals surface area contributed by atoms with Crippen molar-refractivity contribution in [2.75, 3.05) is 39.8 Å². The van der Waals surface area contributed by atoms with Crippen LogP contribution in [0.5, 0.6) is 0 Å². The SMILES string of the molecule is CN(CC(=O)N1CCC(C(=O)N2CCCCCC2)CC1)Cc1csc2ccccc12. The average Bonchev–Trinajstić information content (AvgIpc) is 2.98. The van der Waals surface area contributed by atoms with Crippen LogP contribution in [0.3, 0.4) is 0 Å². The maximum atomic E-state index is 12.9. The molecule has 2 aliphatic rings. The predicted molar refractivity (Wildman–Crippen MR) is 123 cm³/mol. The summed E-state index contributed by atoms with van der Waals surface area (Å²) in [6, 6.07) is 8.44. The highest BCUT2D eigenvalue weighted by Crippen LogP contribution is 2.26. The molecular weight excluding hydrogens is 394 g/mol. The van der Waals surface area contributed by atoms with Crippen LogP contribution in [0.15, 0.2) is 29.6 Å². The van der Waals surface area contributed by atoms with Crippen molar-refractivity contribution in [3.63, 3.8) is 0 Å². The Balaban J connectivity index is 1.25. The fourth-order valence-electron chi connectivity index (χ4n) is 4.76. The zero-order chi connectivity index (χ0) is 20.9. The van der Waals surface area contributed by atoms with Gasteiger partial charge in [0.25, 0.3) is 0 Å². The van der Waals surface area contributed by atoms with Gasteiger partial charge in [0.1, 0.15) is 0 Å². The van der Waals surface area contributed by atoms with Gasteiger partial charge in [-0.05, 0) is 55.1 Å². The van der Waals surface area contributed by atoms with Crippen molar-refractivity contribution >= 4 is 33.2 Å². The van der Waals surface area contributed by atoms with Gasteiger partial charge in [-0.25, -0.2) is 0 Å². The molecule has 0 bridgehead atoms. The highest BCUT2D eigenvalue weighted by molar-refractivity contribution is 7.17. The van der Waals surface area contributed by atoms with Crippen LogP contribution in [0.2, 0.25) is 0 Å². The third-order valence-electron chi connectivity index (χ3n) is 6.52. The largest absolute Gasteiger partial charge is 0.342 e. The zero-order valence-electron chi connectivity index (χ0n) is 18.0. The van der Waals surface area contributed by atoms with Crippen molar-refractivity contribution in [1.29, 1.82) is 0 Å². The van der Waals surface area contributed by atoms with Gasteiger partial charge in [-0.3, -0.25) is 14.5 Å². The molecule has 2 saturated heterocycles. The highest BCUT2D eigenvalue weighted by atomic mass is 32.1. The second-order valence-corrected chi connectivity index (χ2v) is 9.74. The van der Waals surface area contributed by atoms with Crippen LogP contribution in [0, 0.1) is 5.92 Å². The lowest BCUT2D eigenvalue weighted by molar-refractivity contribution is -0.141. The molecule has 1 aromatic carbocycles. The van der Waals surface area contributed by atoms with E-state index in [1.807, 2.05) is 11.9 Å². The van der Waals surface area contributed by atoms with Crippen LogP contribution in [0.25, 0.3) is 10.1 Å². The molecule has 3 heterocycles. The van der Waals surface area contributed by atoms with Crippen molar-refractivity contribution in [2.45, 2.75) is 45.1 Å². The van der Waals surface area contributed by atoms with E-state index in [4.69, 9.17) is 0 Å². The Labute approximate surface area is 183 Å². The van der Waals surface area contributed by atoms with Gasteiger partial charge in [-0.2, -0.15) is 0 Å². The van der Waals surface area contributed by atoms with E-state index in [1.165, 1.54) is 28.5 Å². The quantitative estimate of drug-likeness (QED) is 0.725. The molecule has 0 saturated carbocycles. The molecule has 2 amide bonds. The third-order valence-corrected chi connectivity index (χ3v) is 7.53. The Morgan fingerprint density at radius 3 is 2.43 bits per heavy atom. The third kappa shape index (κ3) is 5.03. The van der Waals surface area contributed by atoms with Gasteiger partial charge in [0, 0.05) is 43.3 Å². The van der Waals surface area contributed by atoms with Crippen molar-refractivity contribution in [2.24, 2.45) is 5.92 Å². The molecule has 30 heavy (non-hydrogen) atoms. The summed E-state index contributed by atoms with van der Waals surface area (Å²) in [4.78, 5) is 31.8. The van der Waals surface area contributed by atoms with E-state index in [0.717, 1.165) is 45.3 Å². The van der Waals surface area contributed by atoms with E-state index >= 15 is 0 Å². The summed E-state index contributed by atoms with van der Waals surface area (Å²) in [5, 5.41) is 3.49. The lowest BCUT2D eigenvalue weighted by Crippen LogP contribution is -2.46. The Kier molecular flexibility index (Phi) is 7.05. The van der Waals surface area contributed by atoms with Gasteiger partial charge in [-0.15, -0.1) is 11.3 Å². The Morgan fingerprint density at radius 2 is 1.70 bits per heavy atom. The number of thiophene rings is 1. The number of hydrogen-bond acceptors (Lipinski definition) is 4. The fourth-order valence-corrected chi connectivity index (χ4v) is 5.71. The number of nitrogens with zero attached hydrogens (tertiary/aromatic N) is 3. The lowest BCUT2D eigenvalue weighted by Gasteiger charge is -2.34. The molecule has 2 aromatic rings. The van der Waals surface area contributed by atoms with E-state index < -0.39 is 0 Å². The number of piperidine rings is 1. The first kappa shape index (κ1) is 21.3. The standard InChI is InChI=1S/C24H33N3O2S/c1-25(16-20-18-30-22-9-5-4-8-21(20)22)17-23(28)26-14-10-19(11-15-26)24(29)27-12-6-2-3-7-13-27/h4-5,8-9,18-19H,2-3,6-7,10-17H2,1H3. The van der Waals surface area contributed by atoms with Crippen LogP contribution in [-0.4, -0.2) is 66.3 Å². The first-order valence-electron chi connectivity index (χ1n) is 11.3. The van der Waals surface area contributed by atoms with Gasteiger partial charge in [0.05, 0.1) is 6.54 Å². The van der Waals surface area contributed by atoms with Crippen molar-refractivity contribution in [3.8, 4) is 0 Å². The molecule has 4 rings (SSSR count). The zero-order valence-corrected chi connectivity index (χ0v) is 18.8. The maximum Gasteiger partial charge on any atom is 0.236 e. The molecule has 1 aromatic heterocycles. The van der Waals surface area contributed by atoms with E-state index in [-0.39, 0.29) is 11.8 Å². The van der Waals surface area contributed by atoms with E-state index in [2.05, 4.69) is 39.4 Å². The summed E-state index contributed by atoms with van der Waals surface area (Å²) in [6.07, 6.45) is 6.36.